The third-order valence-corrected chi connectivity index (χ3v) is 5.69. The van der Waals surface area contributed by atoms with Gasteiger partial charge in [-0.3, -0.25) is 9.47 Å². The molecule has 1 aliphatic heterocycles. The molecule has 0 radical (unpaired) electrons. The van der Waals surface area contributed by atoms with E-state index in [4.69, 9.17) is 4.74 Å². The molecule has 0 amide bonds. The summed E-state index contributed by atoms with van der Waals surface area (Å²) in [6.45, 7) is 9.93. The van der Waals surface area contributed by atoms with Gasteiger partial charge in [-0.2, -0.15) is 5.10 Å². The van der Waals surface area contributed by atoms with Crippen molar-refractivity contribution < 1.29 is 4.74 Å². The zero-order valence-corrected chi connectivity index (χ0v) is 16.6. The SMILES string of the molecule is CCn1c([C@H]2CCCN(Cc3ccc(OC)c(C)c3C)C2)nn(C)c1=O. The second-order valence-electron chi connectivity index (χ2n) is 7.26. The number of rotatable bonds is 5. The van der Waals surface area contributed by atoms with Crippen molar-refractivity contribution in [2.45, 2.75) is 52.6 Å². The van der Waals surface area contributed by atoms with Crippen molar-refractivity contribution in [1.82, 2.24) is 19.2 Å². The lowest BCUT2D eigenvalue weighted by atomic mass is 9.95. The molecule has 0 saturated carbocycles. The normalized spacial score (nSPS) is 18.3. The molecular weight excluding hydrogens is 328 g/mol. The molecule has 1 aromatic carbocycles. The third kappa shape index (κ3) is 3.43. The standard InChI is InChI=1S/C20H30N4O2/c1-6-24-19(21-22(4)20(24)25)17-8-7-11-23(13-17)12-16-9-10-18(26-5)15(3)14(16)2/h9-10,17H,6-8,11-13H2,1-5H3/t17-/m0/s1. The van der Waals surface area contributed by atoms with Crippen LogP contribution >= 0.6 is 0 Å². The minimum Gasteiger partial charge on any atom is -0.496 e. The first-order valence-electron chi connectivity index (χ1n) is 9.45. The summed E-state index contributed by atoms with van der Waals surface area (Å²) in [5.74, 6) is 2.20. The fourth-order valence-corrected chi connectivity index (χ4v) is 4.02. The zero-order chi connectivity index (χ0) is 18.8. The van der Waals surface area contributed by atoms with E-state index in [1.54, 1.807) is 14.2 Å². The Labute approximate surface area is 155 Å². The largest absolute Gasteiger partial charge is 0.496 e. The Morgan fingerprint density at radius 1 is 1.27 bits per heavy atom. The molecule has 0 unspecified atom stereocenters. The summed E-state index contributed by atoms with van der Waals surface area (Å²) in [6, 6.07) is 4.24. The smallest absolute Gasteiger partial charge is 0.345 e. The van der Waals surface area contributed by atoms with Crippen LogP contribution in [-0.4, -0.2) is 39.4 Å². The quantitative estimate of drug-likeness (QED) is 0.824. The summed E-state index contributed by atoms with van der Waals surface area (Å²) in [5.41, 5.74) is 3.84. The van der Waals surface area contributed by atoms with Gasteiger partial charge in [-0.15, -0.1) is 0 Å². The molecule has 2 heterocycles. The van der Waals surface area contributed by atoms with Gasteiger partial charge in [0.15, 0.2) is 0 Å². The van der Waals surface area contributed by atoms with Gasteiger partial charge in [-0.1, -0.05) is 6.07 Å². The van der Waals surface area contributed by atoms with Gasteiger partial charge in [0.05, 0.1) is 7.11 Å². The van der Waals surface area contributed by atoms with E-state index in [1.807, 2.05) is 11.5 Å². The highest BCUT2D eigenvalue weighted by atomic mass is 16.5. The average Bonchev–Trinajstić information content (AvgIpc) is 2.94. The minimum absolute atomic E-state index is 0.0127. The van der Waals surface area contributed by atoms with Crippen molar-refractivity contribution in [3.05, 3.63) is 45.1 Å². The summed E-state index contributed by atoms with van der Waals surface area (Å²) >= 11 is 0. The highest BCUT2D eigenvalue weighted by molar-refractivity contribution is 5.43. The fraction of sp³-hybridized carbons (Fsp3) is 0.600. The zero-order valence-electron chi connectivity index (χ0n) is 16.6. The lowest BCUT2D eigenvalue weighted by Crippen LogP contribution is -2.35. The van der Waals surface area contributed by atoms with Crippen LogP contribution in [0.2, 0.25) is 0 Å². The Bertz CT molecular complexity index is 837. The second kappa shape index (κ2) is 7.66. The number of piperidine rings is 1. The number of aryl methyl sites for hydroxylation is 1. The van der Waals surface area contributed by atoms with Crippen LogP contribution < -0.4 is 10.4 Å². The summed E-state index contributed by atoms with van der Waals surface area (Å²) < 4.78 is 8.71. The van der Waals surface area contributed by atoms with Gasteiger partial charge in [-0.05, 0) is 62.9 Å². The number of likely N-dealkylation sites (tertiary alicyclic amines) is 1. The van der Waals surface area contributed by atoms with Crippen molar-refractivity contribution in [3.63, 3.8) is 0 Å². The molecule has 3 rings (SSSR count). The molecule has 1 fully saturated rings. The lowest BCUT2D eigenvalue weighted by molar-refractivity contribution is 0.194. The van der Waals surface area contributed by atoms with Crippen molar-refractivity contribution in [2.24, 2.45) is 7.05 Å². The first kappa shape index (κ1) is 18.7. The van der Waals surface area contributed by atoms with Crippen molar-refractivity contribution in [2.75, 3.05) is 20.2 Å². The molecule has 2 aromatic rings. The first-order valence-corrected chi connectivity index (χ1v) is 9.45. The highest BCUT2D eigenvalue weighted by Gasteiger charge is 2.27. The topological polar surface area (TPSA) is 52.3 Å². The molecule has 6 nitrogen and oxygen atoms in total. The summed E-state index contributed by atoms with van der Waals surface area (Å²) in [4.78, 5) is 14.7. The van der Waals surface area contributed by atoms with Crippen LogP contribution in [0.3, 0.4) is 0 Å². The summed E-state index contributed by atoms with van der Waals surface area (Å²) in [5, 5.41) is 4.52. The van der Waals surface area contributed by atoms with E-state index in [0.717, 1.165) is 44.0 Å². The lowest BCUT2D eigenvalue weighted by Gasteiger charge is -2.32. The average molecular weight is 358 g/mol. The summed E-state index contributed by atoms with van der Waals surface area (Å²) in [6.07, 6.45) is 2.22. The number of methoxy groups -OCH3 is 1. The first-order chi connectivity index (χ1) is 12.5. The predicted octanol–water partition coefficient (Wildman–Crippen LogP) is 2.61. The van der Waals surface area contributed by atoms with E-state index in [9.17, 15) is 4.79 Å². The van der Waals surface area contributed by atoms with Crippen LogP contribution in [0, 0.1) is 13.8 Å². The number of ether oxygens (including phenoxy) is 1. The predicted molar refractivity (Wildman–Crippen MR) is 103 cm³/mol. The molecule has 142 valence electrons. The third-order valence-electron chi connectivity index (χ3n) is 5.69. The molecule has 26 heavy (non-hydrogen) atoms. The van der Waals surface area contributed by atoms with Gasteiger partial charge in [0, 0.05) is 32.6 Å². The fourth-order valence-electron chi connectivity index (χ4n) is 4.02. The van der Waals surface area contributed by atoms with Crippen LogP contribution in [0.4, 0.5) is 0 Å². The van der Waals surface area contributed by atoms with Crippen LogP contribution in [-0.2, 0) is 20.1 Å². The van der Waals surface area contributed by atoms with Crippen LogP contribution in [0.5, 0.6) is 5.75 Å². The number of hydrogen-bond acceptors (Lipinski definition) is 4. The van der Waals surface area contributed by atoms with Crippen molar-refractivity contribution in [3.8, 4) is 5.75 Å². The number of benzene rings is 1. The summed E-state index contributed by atoms with van der Waals surface area (Å²) in [7, 11) is 3.46. The molecule has 6 heteroatoms. The molecule has 0 spiro atoms. The number of nitrogens with zero attached hydrogens (tertiary/aromatic N) is 4. The molecular formula is C20H30N4O2. The van der Waals surface area contributed by atoms with E-state index in [0.29, 0.717) is 12.5 Å². The maximum atomic E-state index is 12.2. The number of hydrogen-bond donors (Lipinski definition) is 0. The van der Waals surface area contributed by atoms with Crippen molar-refractivity contribution in [1.29, 1.82) is 0 Å². The molecule has 1 aliphatic rings. The molecule has 1 aromatic heterocycles. The minimum atomic E-state index is -0.0127. The second-order valence-corrected chi connectivity index (χ2v) is 7.26. The Morgan fingerprint density at radius 2 is 2.04 bits per heavy atom. The Hall–Kier alpha value is -2.08. The highest BCUT2D eigenvalue weighted by Crippen LogP contribution is 2.29. The van der Waals surface area contributed by atoms with Crippen LogP contribution in [0.25, 0.3) is 0 Å². The number of aromatic nitrogens is 3. The monoisotopic (exact) mass is 358 g/mol. The van der Waals surface area contributed by atoms with E-state index < -0.39 is 0 Å². The van der Waals surface area contributed by atoms with Gasteiger partial charge in [0.25, 0.3) is 0 Å². The van der Waals surface area contributed by atoms with Crippen molar-refractivity contribution >= 4 is 0 Å². The Kier molecular flexibility index (Phi) is 5.51. The van der Waals surface area contributed by atoms with Gasteiger partial charge in [0.2, 0.25) is 0 Å². The van der Waals surface area contributed by atoms with Gasteiger partial charge < -0.3 is 4.74 Å². The van der Waals surface area contributed by atoms with E-state index in [1.165, 1.54) is 21.4 Å². The Balaban J connectivity index is 1.79. The molecule has 1 saturated heterocycles. The molecule has 1 atom stereocenters. The van der Waals surface area contributed by atoms with E-state index in [2.05, 4.69) is 36.0 Å². The molecule has 0 bridgehead atoms. The van der Waals surface area contributed by atoms with E-state index >= 15 is 0 Å². The van der Waals surface area contributed by atoms with Crippen LogP contribution in [0.1, 0.15) is 48.2 Å². The van der Waals surface area contributed by atoms with Gasteiger partial charge in [-0.25, -0.2) is 9.48 Å². The maximum Gasteiger partial charge on any atom is 0.345 e. The molecule has 0 N–H and O–H groups in total. The van der Waals surface area contributed by atoms with E-state index in [-0.39, 0.29) is 5.69 Å². The van der Waals surface area contributed by atoms with Gasteiger partial charge >= 0.3 is 5.69 Å². The Morgan fingerprint density at radius 3 is 2.73 bits per heavy atom. The molecule has 0 aliphatic carbocycles. The maximum absolute atomic E-state index is 12.2. The van der Waals surface area contributed by atoms with Crippen LogP contribution in [0.15, 0.2) is 16.9 Å². The van der Waals surface area contributed by atoms with Gasteiger partial charge in [0.1, 0.15) is 11.6 Å².